The lowest BCUT2D eigenvalue weighted by atomic mass is 10.1. The van der Waals surface area contributed by atoms with E-state index in [1.54, 1.807) is 0 Å². The zero-order valence-corrected chi connectivity index (χ0v) is 8.45. The molecule has 0 saturated heterocycles. The van der Waals surface area contributed by atoms with Crippen molar-refractivity contribution < 1.29 is 26.3 Å². The van der Waals surface area contributed by atoms with E-state index in [0.29, 0.717) is 12.1 Å². The van der Waals surface area contributed by atoms with Gasteiger partial charge < -0.3 is 5.73 Å². The van der Waals surface area contributed by atoms with Crippen LogP contribution in [0, 0.1) is 17.5 Å². The lowest BCUT2D eigenvalue weighted by molar-refractivity contribution is -0.140. The third-order valence-corrected chi connectivity index (χ3v) is 2.26. The number of pyridine rings is 1. The summed E-state index contributed by atoms with van der Waals surface area (Å²) in [5.74, 6) is -5.25. The Morgan fingerprint density at radius 2 is 1.61 bits per heavy atom. The van der Waals surface area contributed by atoms with Gasteiger partial charge in [-0.1, -0.05) is 0 Å². The first kappa shape index (κ1) is 12.5. The number of aromatic nitrogens is 1. The summed E-state index contributed by atoms with van der Waals surface area (Å²) in [6.45, 7) is 0. The Hall–Kier alpha value is -1.99. The third kappa shape index (κ3) is 1.83. The van der Waals surface area contributed by atoms with E-state index in [-0.39, 0.29) is 0 Å². The van der Waals surface area contributed by atoms with E-state index in [1.807, 2.05) is 0 Å². The minimum absolute atomic E-state index is 0.417. The second-order valence-corrected chi connectivity index (χ2v) is 3.48. The van der Waals surface area contributed by atoms with Gasteiger partial charge in [0.25, 0.3) is 0 Å². The lowest BCUT2D eigenvalue weighted by Crippen LogP contribution is -2.10. The number of nitrogen functional groups attached to an aromatic ring is 1. The van der Waals surface area contributed by atoms with Crippen LogP contribution in [0.5, 0.6) is 0 Å². The third-order valence-electron chi connectivity index (χ3n) is 2.26. The molecule has 0 aliphatic carbocycles. The first-order valence-corrected chi connectivity index (χ1v) is 4.52. The highest BCUT2D eigenvalue weighted by Gasteiger charge is 2.34. The number of rotatable bonds is 0. The summed E-state index contributed by atoms with van der Waals surface area (Å²) >= 11 is 0. The summed E-state index contributed by atoms with van der Waals surface area (Å²) < 4.78 is 76.3. The molecular formula is C10H4F6N2. The molecule has 0 aliphatic heterocycles. The summed E-state index contributed by atoms with van der Waals surface area (Å²) in [6, 6.07) is 0.926. The standard InChI is InChI=1S/C10H4F6N2/c11-4-1-3-5(17)2-6(10(14,15)16)18-9(3)8(13)7(4)12/h1-2H,(H2,17,18). The first-order chi connectivity index (χ1) is 8.21. The van der Waals surface area contributed by atoms with E-state index in [2.05, 4.69) is 4.98 Å². The second kappa shape index (κ2) is 3.76. The van der Waals surface area contributed by atoms with E-state index >= 15 is 0 Å². The van der Waals surface area contributed by atoms with Crippen LogP contribution >= 0.6 is 0 Å². The number of fused-ring (bicyclic) bond motifs is 1. The highest BCUT2D eigenvalue weighted by molar-refractivity contribution is 5.90. The quantitative estimate of drug-likeness (QED) is 0.587. The van der Waals surface area contributed by atoms with E-state index in [0.717, 1.165) is 0 Å². The smallest absolute Gasteiger partial charge is 0.398 e. The van der Waals surface area contributed by atoms with Crippen LogP contribution in [0.2, 0.25) is 0 Å². The number of alkyl halides is 3. The molecule has 2 N–H and O–H groups in total. The fraction of sp³-hybridized carbons (Fsp3) is 0.100. The molecule has 0 aliphatic rings. The summed E-state index contributed by atoms with van der Waals surface area (Å²) in [6.07, 6.45) is -4.86. The van der Waals surface area contributed by atoms with Gasteiger partial charge in [0.1, 0.15) is 11.2 Å². The van der Waals surface area contributed by atoms with Crippen molar-refractivity contribution >= 4 is 16.6 Å². The van der Waals surface area contributed by atoms with E-state index in [4.69, 9.17) is 5.73 Å². The molecule has 0 unspecified atom stereocenters. The van der Waals surface area contributed by atoms with Gasteiger partial charge in [0.05, 0.1) is 0 Å². The van der Waals surface area contributed by atoms with Gasteiger partial charge in [0.15, 0.2) is 17.5 Å². The van der Waals surface area contributed by atoms with Crippen LogP contribution in [0.4, 0.5) is 32.0 Å². The predicted octanol–water partition coefficient (Wildman–Crippen LogP) is 3.25. The molecule has 2 nitrogen and oxygen atoms in total. The van der Waals surface area contributed by atoms with Crippen molar-refractivity contribution in [3.8, 4) is 0 Å². The first-order valence-electron chi connectivity index (χ1n) is 4.52. The maximum Gasteiger partial charge on any atom is 0.433 e. The Bertz CT molecular complexity index is 635. The van der Waals surface area contributed by atoms with Crippen LogP contribution in [0.3, 0.4) is 0 Å². The fourth-order valence-electron chi connectivity index (χ4n) is 1.44. The number of hydrogen-bond acceptors (Lipinski definition) is 2. The highest BCUT2D eigenvalue weighted by Crippen LogP contribution is 2.33. The van der Waals surface area contributed by atoms with Crippen LogP contribution in [0.1, 0.15) is 5.69 Å². The zero-order valence-electron chi connectivity index (χ0n) is 8.45. The van der Waals surface area contributed by atoms with Crippen molar-refractivity contribution in [3.63, 3.8) is 0 Å². The van der Waals surface area contributed by atoms with E-state index in [9.17, 15) is 26.3 Å². The Morgan fingerprint density at radius 1 is 1.00 bits per heavy atom. The zero-order chi connectivity index (χ0) is 13.7. The van der Waals surface area contributed by atoms with Crippen molar-refractivity contribution in [2.45, 2.75) is 6.18 Å². The number of halogens is 6. The monoisotopic (exact) mass is 266 g/mol. The minimum atomic E-state index is -4.86. The summed E-state index contributed by atoms with van der Waals surface area (Å²) in [7, 11) is 0. The average molecular weight is 266 g/mol. The number of anilines is 1. The molecule has 1 aromatic carbocycles. The summed E-state index contributed by atoms with van der Waals surface area (Å²) in [5.41, 5.74) is 2.28. The van der Waals surface area contributed by atoms with Crippen molar-refractivity contribution in [1.82, 2.24) is 4.98 Å². The van der Waals surface area contributed by atoms with Gasteiger partial charge in [0, 0.05) is 11.1 Å². The second-order valence-electron chi connectivity index (χ2n) is 3.48. The number of benzene rings is 1. The molecule has 18 heavy (non-hydrogen) atoms. The van der Waals surface area contributed by atoms with Crippen molar-refractivity contribution in [3.05, 3.63) is 35.3 Å². The van der Waals surface area contributed by atoms with Gasteiger partial charge >= 0.3 is 6.18 Å². The molecule has 0 amide bonds. The molecular weight excluding hydrogens is 262 g/mol. The number of nitrogens with two attached hydrogens (primary N) is 1. The summed E-state index contributed by atoms with van der Waals surface area (Å²) in [5, 5.41) is -0.417. The summed E-state index contributed by atoms with van der Waals surface area (Å²) in [4.78, 5) is 2.92. The SMILES string of the molecule is Nc1cc(C(F)(F)F)nc2c(F)c(F)c(F)cc12. The van der Waals surface area contributed by atoms with Crippen molar-refractivity contribution in [1.29, 1.82) is 0 Å². The van der Waals surface area contributed by atoms with E-state index < -0.39 is 45.9 Å². The van der Waals surface area contributed by atoms with Crippen LogP contribution in [-0.2, 0) is 6.18 Å². The molecule has 0 saturated carbocycles. The molecule has 96 valence electrons. The molecule has 0 atom stereocenters. The van der Waals surface area contributed by atoms with Crippen LogP contribution in [0.25, 0.3) is 10.9 Å². The Morgan fingerprint density at radius 3 is 2.17 bits per heavy atom. The topological polar surface area (TPSA) is 38.9 Å². The van der Waals surface area contributed by atoms with E-state index in [1.165, 1.54) is 0 Å². The lowest BCUT2D eigenvalue weighted by Gasteiger charge is -2.10. The average Bonchev–Trinajstić information content (AvgIpc) is 2.26. The van der Waals surface area contributed by atoms with Crippen LogP contribution in [-0.4, -0.2) is 4.98 Å². The van der Waals surface area contributed by atoms with Crippen molar-refractivity contribution in [2.24, 2.45) is 0 Å². The van der Waals surface area contributed by atoms with Gasteiger partial charge in [-0.3, -0.25) is 0 Å². The maximum atomic E-state index is 13.3. The highest BCUT2D eigenvalue weighted by atomic mass is 19.4. The molecule has 1 heterocycles. The molecule has 0 radical (unpaired) electrons. The Kier molecular flexibility index (Phi) is 2.60. The molecule has 0 spiro atoms. The minimum Gasteiger partial charge on any atom is -0.398 e. The predicted molar refractivity (Wildman–Crippen MR) is 51.0 cm³/mol. The number of nitrogens with zero attached hydrogens (tertiary/aromatic N) is 1. The van der Waals surface area contributed by atoms with Gasteiger partial charge in [0.2, 0.25) is 0 Å². The molecule has 1 aromatic heterocycles. The Balaban J connectivity index is 2.88. The molecule has 2 aromatic rings. The number of hydrogen-bond donors (Lipinski definition) is 1. The molecule has 2 rings (SSSR count). The van der Waals surface area contributed by atoms with Crippen molar-refractivity contribution in [2.75, 3.05) is 5.73 Å². The van der Waals surface area contributed by atoms with Crippen LogP contribution in [0.15, 0.2) is 12.1 Å². The van der Waals surface area contributed by atoms with Gasteiger partial charge in [-0.2, -0.15) is 13.2 Å². The molecule has 0 fully saturated rings. The largest absolute Gasteiger partial charge is 0.433 e. The van der Waals surface area contributed by atoms with Gasteiger partial charge in [-0.05, 0) is 12.1 Å². The van der Waals surface area contributed by atoms with Gasteiger partial charge in [-0.25, -0.2) is 18.2 Å². The van der Waals surface area contributed by atoms with Crippen LogP contribution < -0.4 is 5.73 Å². The molecule has 0 bridgehead atoms. The Labute approximate surface area is 96.0 Å². The maximum absolute atomic E-state index is 13.3. The normalized spacial score (nSPS) is 12.1. The van der Waals surface area contributed by atoms with Gasteiger partial charge in [-0.15, -0.1) is 0 Å². The fourth-order valence-corrected chi connectivity index (χ4v) is 1.44. The molecule has 8 heteroatoms.